The molecule has 1 atom stereocenters. The quantitative estimate of drug-likeness (QED) is 0.821. The molecule has 100 valence electrons. The lowest BCUT2D eigenvalue weighted by atomic mass is 9.84. The molecule has 0 aromatic carbocycles. The minimum Gasteiger partial charge on any atom is -0.341 e. The Morgan fingerprint density at radius 3 is 2.76 bits per heavy atom. The van der Waals surface area contributed by atoms with Gasteiger partial charge in [0.25, 0.3) is 0 Å². The summed E-state index contributed by atoms with van der Waals surface area (Å²) < 4.78 is 0. The molecule has 2 N–H and O–H groups in total. The number of nitrogens with zero attached hydrogens (tertiary/aromatic N) is 1. The van der Waals surface area contributed by atoms with Crippen LogP contribution >= 0.6 is 11.8 Å². The maximum atomic E-state index is 12.1. The van der Waals surface area contributed by atoms with Crippen LogP contribution in [-0.4, -0.2) is 41.4 Å². The number of amides is 1. The van der Waals surface area contributed by atoms with Crippen LogP contribution in [0.2, 0.25) is 0 Å². The van der Waals surface area contributed by atoms with Gasteiger partial charge in [0.05, 0.1) is 0 Å². The van der Waals surface area contributed by atoms with Crippen LogP contribution in [-0.2, 0) is 4.79 Å². The Kier molecular flexibility index (Phi) is 5.80. The molecule has 1 rings (SSSR count). The number of rotatable bonds is 5. The van der Waals surface area contributed by atoms with Crippen LogP contribution in [0.1, 0.15) is 40.0 Å². The molecule has 0 saturated carbocycles. The summed E-state index contributed by atoms with van der Waals surface area (Å²) in [7, 11) is 0. The van der Waals surface area contributed by atoms with Crippen molar-refractivity contribution in [2.24, 2.45) is 11.1 Å². The lowest BCUT2D eigenvalue weighted by Gasteiger charge is -2.32. The SMILES string of the molecule is CC1CN(C(=O)CCC(C)(C)CCN)CCS1. The largest absolute Gasteiger partial charge is 0.341 e. The maximum absolute atomic E-state index is 12.1. The topological polar surface area (TPSA) is 46.3 Å². The van der Waals surface area contributed by atoms with Crippen LogP contribution < -0.4 is 5.73 Å². The summed E-state index contributed by atoms with van der Waals surface area (Å²) in [5.41, 5.74) is 5.78. The van der Waals surface area contributed by atoms with Gasteiger partial charge in [0.15, 0.2) is 0 Å². The molecule has 1 amide bonds. The van der Waals surface area contributed by atoms with E-state index >= 15 is 0 Å². The highest BCUT2D eigenvalue weighted by Crippen LogP contribution is 2.27. The van der Waals surface area contributed by atoms with Gasteiger partial charge < -0.3 is 10.6 Å². The Balaban J connectivity index is 2.33. The number of nitrogens with two attached hydrogens (primary N) is 1. The van der Waals surface area contributed by atoms with Crippen LogP contribution in [0.4, 0.5) is 0 Å². The first-order chi connectivity index (χ1) is 7.94. The molecule has 1 unspecified atom stereocenters. The van der Waals surface area contributed by atoms with E-state index in [1.165, 1.54) is 0 Å². The third-order valence-corrected chi connectivity index (χ3v) is 4.57. The molecule has 17 heavy (non-hydrogen) atoms. The molecule has 0 aromatic rings. The lowest BCUT2D eigenvalue weighted by Crippen LogP contribution is -2.41. The Morgan fingerprint density at radius 2 is 2.18 bits per heavy atom. The fraction of sp³-hybridized carbons (Fsp3) is 0.923. The molecular weight excluding hydrogens is 232 g/mol. The Bertz CT molecular complexity index is 256. The van der Waals surface area contributed by atoms with Crippen LogP contribution in [0.5, 0.6) is 0 Å². The number of carbonyl (C=O) groups is 1. The van der Waals surface area contributed by atoms with Crippen molar-refractivity contribution in [1.29, 1.82) is 0 Å². The van der Waals surface area contributed by atoms with E-state index in [2.05, 4.69) is 20.8 Å². The van der Waals surface area contributed by atoms with Crippen molar-refractivity contribution in [3.8, 4) is 0 Å². The van der Waals surface area contributed by atoms with Gasteiger partial charge in [-0.3, -0.25) is 4.79 Å². The molecule has 0 aliphatic carbocycles. The zero-order valence-electron chi connectivity index (χ0n) is 11.4. The van der Waals surface area contributed by atoms with Gasteiger partial charge in [-0.05, 0) is 24.8 Å². The number of hydrogen-bond donors (Lipinski definition) is 1. The second-order valence-corrected chi connectivity index (χ2v) is 7.27. The van der Waals surface area contributed by atoms with E-state index in [9.17, 15) is 4.79 Å². The molecule has 0 bridgehead atoms. The van der Waals surface area contributed by atoms with E-state index in [0.717, 1.165) is 31.7 Å². The standard InChI is InChI=1S/C13H26N2OS/c1-11-10-15(8-9-17-11)12(16)4-5-13(2,3)6-7-14/h11H,4-10,14H2,1-3H3. The van der Waals surface area contributed by atoms with Gasteiger partial charge >= 0.3 is 0 Å². The van der Waals surface area contributed by atoms with Crippen molar-refractivity contribution in [1.82, 2.24) is 4.90 Å². The minimum absolute atomic E-state index is 0.195. The zero-order valence-corrected chi connectivity index (χ0v) is 12.2. The summed E-state index contributed by atoms with van der Waals surface area (Å²) >= 11 is 1.96. The first kappa shape index (κ1) is 14.8. The average molecular weight is 258 g/mol. The van der Waals surface area contributed by atoms with E-state index in [1.54, 1.807) is 0 Å². The summed E-state index contributed by atoms with van der Waals surface area (Å²) in [6.07, 6.45) is 2.61. The first-order valence-corrected chi connectivity index (χ1v) is 7.59. The lowest BCUT2D eigenvalue weighted by molar-refractivity contribution is -0.131. The maximum Gasteiger partial charge on any atom is 0.222 e. The predicted octanol–water partition coefficient (Wildman–Crippen LogP) is 2.11. The highest BCUT2D eigenvalue weighted by Gasteiger charge is 2.24. The van der Waals surface area contributed by atoms with E-state index in [4.69, 9.17) is 5.73 Å². The highest BCUT2D eigenvalue weighted by atomic mass is 32.2. The Hall–Kier alpha value is -0.220. The molecule has 1 aliphatic heterocycles. The third-order valence-electron chi connectivity index (χ3n) is 3.43. The van der Waals surface area contributed by atoms with Crippen LogP contribution in [0.25, 0.3) is 0 Å². The first-order valence-electron chi connectivity index (χ1n) is 6.54. The Labute approximate surface area is 109 Å². The molecule has 4 heteroatoms. The van der Waals surface area contributed by atoms with Crippen LogP contribution in [0, 0.1) is 5.41 Å². The molecule has 0 spiro atoms. The summed E-state index contributed by atoms with van der Waals surface area (Å²) in [5.74, 6) is 1.40. The summed E-state index contributed by atoms with van der Waals surface area (Å²) in [6, 6.07) is 0. The van der Waals surface area contributed by atoms with E-state index < -0.39 is 0 Å². The van der Waals surface area contributed by atoms with Gasteiger partial charge in [-0.2, -0.15) is 11.8 Å². The van der Waals surface area contributed by atoms with Gasteiger partial charge in [0, 0.05) is 30.5 Å². The van der Waals surface area contributed by atoms with Crippen LogP contribution in [0.15, 0.2) is 0 Å². The second kappa shape index (κ2) is 6.64. The molecule has 1 fully saturated rings. The minimum atomic E-state index is 0.195. The summed E-state index contributed by atoms with van der Waals surface area (Å²) in [6.45, 7) is 9.14. The predicted molar refractivity (Wildman–Crippen MR) is 75.2 cm³/mol. The average Bonchev–Trinajstić information content (AvgIpc) is 2.26. The number of carbonyl (C=O) groups excluding carboxylic acids is 1. The van der Waals surface area contributed by atoms with Gasteiger partial charge in [-0.25, -0.2) is 0 Å². The summed E-state index contributed by atoms with van der Waals surface area (Å²) in [4.78, 5) is 14.1. The molecule has 3 nitrogen and oxygen atoms in total. The molecule has 1 saturated heterocycles. The van der Waals surface area contributed by atoms with Gasteiger partial charge in [-0.15, -0.1) is 0 Å². The van der Waals surface area contributed by atoms with Crippen molar-refractivity contribution in [2.75, 3.05) is 25.4 Å². The molecular formula is C13H26N2OS. The number of thioether (sulfide) groups is 1. The van der Waals surface area contributed by atoms with Gasteiger partial charge in [0.2, 0.25) is 5.91 Å². The van der Waals surface area contributed by atoms with Crippen molar-refractivity contribution >= 4 is 17.7 Å². The summed E-state index contributed by atoms with van der Waals surface area (Å²) in [5, 5.41) is 0.588. The van der Waals surface area contributed by atoms with Gasteiger partial charge in [0.1, 0.15) is 0 Å². The van der Waals surface area contributed by atoms with E-state index in [0.29, 0.717) is 24.1 Å². The van der Waals surface area contributed by atoms with Crippen LogP contribution in [0.3, 0.4) is 0 Å². The Morgan fingerprint density at radius 1 is 1.47 bits per heavy atom. The molecule has 1 heterocycles. The fourth-order valence-electron chi connectivity index (χ4n) is 2.16. The molecule has 1 aliphatic rings. The number of hydrogen-bond acceptors (Lipinski definition) is 3. The molecule has 0 aromatic heterocycles. The molecule has 0 radical (unpaired) electrons. The van der Waals surface area contributed by atoms with Crippen molar-refractivity contribution in [2.45, 2.75) is 45.3 Å². The zero-order chi connectivity index (χ0) is 12.9. The van der Waals surface area contributed by atoms with Gasteiger partial charge in [-0.1, -0.05) is 20.8 Å². The van der Waals surface area contributed by atoms with Crippen molar-refractivity contribution in [3.05, 3.63) is 0 Å². The second-order valence-electron chi connectivity index (χ2n) is 5.72. The smallest absolute Gasteiger partial charge is 0.222 e. The van der Waals surface area contributed by atoms with Crippen molar-refractivity contribution < 1.29 is 4.79 Å². The normalized spacial score (nSPS) is 21.6. The van der Waals surface area contributed by atoms with Crippen molar-refractivity contribution in [3.63, 3.8) is 0 Å². The fourth-order valence-corrected chi connectivity index (χ4v) is 3.18. The van der Waals surface area contributed by atoms with E-state index in [1.807, 2.05) is 16.7 Å². The third kappa shape index (κ3) is 5.30. The van der Waals surface area contributed by atoms with E-state index in [-0.39, 0.29) is 5.41 Å². The monoisotopic (exact) mass is 258 g/mol. The highest BCUT2D eigenvalue weighted by molar-refractivity contribution is 7.99.